The predicted molar refractivity (Wildman–Crippen MR) is 98.6 cm³/mol. The van der Waals surface area contributed by atoms with Crippen molar-refractivity contribution in [2.45, 2.75) is 12.7 Å². The summed E-state index contributed by atoms with van der Waals surface area (Å²) in [5, 5.41) is 7.44. The first-order chi connectivity index (χ1) is 12.9. The Labute approximate surface area is 156 Å². The van der Waals surface area contributed by atoms with E-state index in [2.05, 4.69) is 20.3 Å². The molecule has 0 spiro atoms. The summed E-state index contributed by atoms with van der Waals surface area (Å²) in [4.78, 5) is 8.40. The molecular weight excluding hydrogens is 357 g/mol. The van der Waals surface area contributed by atoms with E-state index in [4.69, 9.17) is 0 Å². The number of aryl methyl sites for hydroxylation is 1. The van der Waals surface area contributed by atoms with E-state index in [-0.39, 0.29) is 0 Å². The molecule has 1 N–H and O–H groups in total. The van der Waals surface area contributed by atoms with Crippen LogP contribution in [0.5, 0.6) is 0 Å². The van der Waals surface area contributed by atoms with Gasteiger partial charge in [-0.05, 0) is 18.2 Å². The van der Waals surface area contributed by atoms with Crippen molar-refractivity contribution in [3.05, 3.63) is 47.8 Å². The van der Waals surface area contributed by atoms with Gasteiger partial charge < -0.3 is 15.1 Å². The Hall–Kier alpha value is -2.71. The molecule has 27 heavy (non-hydrogen) atoms. The minimum Gasteiger partial charge on any atom is -0.368 e. The number of hydrogen-bond donors (Lipinski definition) is 1. The lowest BCUT2D eigenvalue weighted by atomic mass is 10.1. The Morgan fingerprint density at radius 3 is 2.56 bits per heavy atom. The minimum atomic E-state index is -4.32. The standard InChI is InChI=1S/C18H23F3N6/c1-22-17(23-11-14-12-24-25(2)13-14)27-8-6-26(7-9-27)16-5-3-4-15(10-16)18(19,20)21/h3-5,10,12-13H,6-9,11H2,1-2H3,(H,22,23). The van der Waals surface area contributed by atoms with Crippen LogP contribution in [0.4, 0.5) is 18.9 Å². The number of nitrogens with one attached hydrogen (secondary N) is 1. The molecule has 0 saturated carbocycles. The average molecular weight is 380 g/mol. The summed E-state index contributed by atoms with van der Waals surface area (Å²) in [6, 6.07) is 5.49. The molecular formula is C18H23F3N6. The minimum absolute atomic E-state index is 0.600. The highest BCUT2D eigenvalue weighted by Crippen LogP contribution is 2.31. The van der Waals surface area contributed by atoms with Crippen molar-refractivity contribution in [1.82, 2.24) is 20.0 Å². The topological polar surface area (TPSA) is 48.7 Å². The molecule has 0 atom stereocenters. The maximum atomic E-state index is 12.9. The fourth-order valence-electron chi connectivity index (χ4n) is 3.13. The normalized spacial score (nSPS) is 16.0. The van der Waals surface area contributed by atoms with Crippen molar-refractivity contribution in [2.24, 2.45) is 12.0 Å². The van der Waals surface area contributed by atoms with Crippen molar-refractivity contribution in [2.75, 3.05) is 38.1 Å². The van der Waals surface area contributed by atoms with Gasteiger partial charge in [0.25, 0.3) is 0 Å². The van der Waals surface area contributed by atoms with E-state index < -0.39 is 11.7 Å². The number of piperazine rings is 1. The Morgan fingerprint density at radius 1 is 1.22 bits per heavy atom. The summed E-state index contributed by atoms with van der Waals surface area (Å²) in [6.45, 7) is 3.25. The summed E-state index contributed by atoms with van der Waals surface area (Å²) in [5.41, 5.74) is 1.04. The van der Waals surface area contributed by atoms with Gasteiger partial charge in [0.2, 0.25) is 0 Å². The second-order valence-corrected chi connectivity index (χ2v) is 6.45. The Balaban J connectivity index is 1.57. The number of rotatable bonds is 3. The van der Waals surface area contributed by atoms with Gasteiger partial charge in [-0.25, -0.2) is 0 Å². The molecule has 0 bridgehead atoms. The van der Waals surface area contributed by atoms with Gasteiger partial charge in [0.15, 0.2) is 5.96 Å². The van der Waals surface area contributed by atoms with Gasteiger partial charge in [-0.15, -0.1) is 0 Å². The second kappa shape index (κ2) is 7.89. The number of hydrogen-bond acceptors (Lipinski definition) is 3. The van der Waals surface area contributed by atoms with Gasteiger partial charge in [0.05, 0.1) is 11.8 Å². The summed E-state index contributed by atoms with van der Waals surface area (Å²) < 4.78 is 40.5. The molecule has 0 radical (unpaired) electrons. The molecule has 1 aliphatic heterocycles. The van der Waals surface area contributed by atoms with Gasteiger partial charge in [-0.2, -0.15) is 18.3 Å². The fraction of sp³-hybridized carbons (Fsp3) is 0.444. The fourth-order valence-corrected chi connectivity index (χ4v) is 3.13. The summed E-state index contributed by atoms with van der Waals surface area (Å²) in [7, 11) is 3.59. The van der Waals surface area contributed by atoms with Crippen LogP contribution in [0.3, 0.4) is 0 Å². The van der Waals surface area contributed by atoms with Gasteiger partial charge in [0, 0.05) is 64.3 Å². The maximum Gasteiger partial charge on any atom is 0.416 e. The smallest absolute Gasteiger partial charge is 0.368 e. The average Bonchev–Trinajstić information content (AvgIpc) is 3.07. The third kappa shape index (κ3) is 4.72. The van der Waals surface area contributed by atoms with Crippen LogP contribution >= 0.6 is 0 Å². The van der Waals surface area contributed by atoms with Crippen molar-refractivity contribution >= 4 is 11.6 Å². The van der Waals surface area contributed by atoms with E-state index in [0.717, 1.165) is 17.6 Å². The Bertz CT molecular complexity index is 790. The highest BCUT2D eigenvalue weighted by Gasteiger charge is 2.31. The maximum absolute atomic E-state index is 12.9. The molecule has 1 saturated heterocycles. The highest BCUT2D eigenvalue weighted by molar-refractivity contribution is 5.80. The van der Waals surface area contributed by atoms with E-state index >= 15 is 0 Å². The molecule has 0 aliphatic carbocycles. The first kappa shape index (κ1) is 19.1. The largest absolute Gasteiger partial charge is 0.416 e. The van der Waals surface area contributed by atoms with Crippen LogP contribution in [0.15, 0.2) is 41.7 Å². The van der Waals surface area contributed by atoms with Crippen LogP contribution < -0.4 is 10.2 Å². The SMILES string of the molecule is CN=C(NCc1cnn(C)c1)N1CCN(c2cccc(C(F)(F)F)c2)CC1. The Morgan fingerprint density at radius 2 is 1.96 bits per heavy atom. The van der Waals surface area contributed by atoms with E-state index in [0.29, 0.717) is 38.4 Å². The first-order valence-electron chi connectivity index (χ1n) is 8.72. The number of anilines is 1. The van der Waals surface area contributed by atoms with Crippen LogP contribution in [0.25, 0.3) is 0 Å². The molecule has 0 amide bonds. The van der Waals surface area contributed by atoms with Gasteiger partial charge in [-0.1, -0.05) is 6.07 Å². The molecule has 2 heterocycles. The summed E-state index contributed by atoms with van der Waals surface area (Å²) in [5.74, 6) is 0.780. The zero-order valence-electron chi connectivity index (χ0n) is 15.4. The number of aliphatic imine (C=N–C) groups is 1. The number of guanidine groups is 1. The van der Waals surface area contributed by atoms with E-state index in [1.165, 1.54) is 12.1 Å². The molecule has 1 aromatic carbocycles. The van der Waals surface area contributed by atoms with E-state index in [1.54, 1.807) is 24.0 Å². The van der Waals surface area contributed by atoms with Crippen molar-refractivity contribution in [1.29, 1.82) is 0 Å². The monoisotopic (exact) mass is 380 g/mol. The van der Waals surface area contributed by atoms with Crippen LogP contribution in [-0.2, 0) is 19.8 Å². The molecule has 2 aromatic rings. The third-order valence-electron chi connectivity index (χ3n) is 4.54. The third-order valence-corrected chi connectivity index (χ3v) is 4.54. The zero-order chi connectivity index (χ0) is 19.4. The van der Waals surface area contributed by atoms with Gasteiger partial charge >= 0.3 is 6.18 Å². The predicted octanol–water partition coefficient (Wildman–Crippen LogP) is 2.34. The quantitative estimate of drug-likeness (QED) is 0.656. The number of benzene rings is 1. The number of nitrogens with zero attached hydrogens (tertiary/aromatic N) is 5. The molecule has 0 unspecified atom stereocenters. The lowest BCUT2D eigenvalue weighted by molar-refractivity contribution is -0.137. The summed E-state index contributed by atoms with van der Waals surface area (Å²) in [6.07, 6.45) is -0.589. The molecule has 146 valence electrons. The molecule has 1 aromatic heterocycles. The molecule has 1 aliphatic rings. The molecule has 9 heteroatoms. The van der Waals surface area contributed by atoms with Crippen molar-refractivity contribution in [3.8, 4) is 0 Å². The molecule has 1 fully saturated rings. The van der Waals surface area contributed by atoms with Gasteiger partial charge in [0.1, 0.15) is 0 Å². The number of halogens is 3. The highest BCUT2D eigenvalue weighted by atomic mass is 19.4. The second-order valence-electron chi connectivity index (χ2n) is 6.45. The van der Waals surface area contributed by atoms with Crippen molar-refractivity contribution < 1.29 is 13.2 Å². The van der Waals surface area contributed by atoms with Crippen LogP contribution in [0.1, 0.15) is 11.1 Å². The summed E-state index contributed by atoms with van der Waals surface area (Å²) >= 11 is 0. The van der Waals surface area contributed by atoms with Gasteiger partial charge in [-0.3, -0.25) is 9.67 Å². The van der Waals surface area contributed by atoms with Crippen LogP contribution in [0, 0.1) is 0 Å². The lowest BCUT2D eigenvalue weighted by Gasteiger charge is -2.37. The van der Waals surface area contributed by atoms with Crippen molar-refractivity contribution in [3.63, 3.8) is 0 Å². The zero-order valence-corrected chi connectivity index (χ0v) is 15.4. The molecule has 6 nitrogen and oxygen atoms in total. The van der Waals surface area contributed by atoms with Crippen LogP contribution in [0.2, 0.25) is 0 Å². The molecule has 3 rings (SSSR count). The number of aromatic nitrogens is 2. The Kier molecular flexibility index (Phi) is 5.57. The van der Waals surface area contributed by atoms with Crippen LogP contribution in [-0.4, -0.2) is 53.9 Å². The number of alkyl halides is 3. The first-order valence-corrected chi connectivity index (χ1v) is 8.72. The van der Waals surface area contributed by atoms with E-state index in [1.807, 2.05) is 18.1 Å². The lowest BCUT2D eigenvalue weighted by Crippen LogP contribution is -2.52. The van der Waals surface area contributed by atoms with E-state index in [9.17, 15) is 13.2 Å².